The fourth-order valence-electron chi connectivity index (χ4n) is 7.96. The first kappa shape index (κ1) is 29.3. The van der Waals surface area contributed by atoms with Gasteiger partial charge < -0.3 is 9.64 Å². The smallest absolute Gasteiger partial charge is 0.410 e. The van der Waals surface area contributed by atoms with Crippen molar-refractivity contribution in [1.29, 1.82) is 0 Å². The number of rotatable bonds is 5. The number of nitrogens with zero attached hydrogens (tertiary/aromatic N) is 3. The second-order valence-electron chi connectivity index (χ2n) is 14.6. The Labute approximate surface area is 240 Å². The zero-order valence-corrected chi connectivity index (χ0v) is 25.4. The standard InChI is InChI=1S/C33H50FN3O3/c1-31(2,3)36-18-15-27(28(21-36)24-11-13-26(34)14-12-24)29(38)35-19-16-33(17-20-35,25-9-7-6-8-10-25)22-37-30(39)40-23-32(37,4)5/h11-14,25,27-28H,6-10,15-23H2,1-5H3/t27-,28+/m1/s1. The minimum Gasteiger partial charge on any atom is -0.447 e. The van der Waals surface area contributed by atoms with Crippen molar-refractivity contribution in [2.45, 2.75) is 103 Å². The molecule has 5 rings (SSSR count). The third kappa shape index (κ3) is 5.91. The molecule has 0 spiro atoms. The van der Waals surface area contributed by atoms with Gasteiger partial charge in [0, 0.05) is 43.6 Å². The number of piperidine rings is 2. The summed E-state index contributed by atoms with van der Waals surface area (Å²) in [5, 5.41) is 0. The maximum atomic E-state index is 14.2. The molecule has 2 atom stereocenters. The summed E-state index contributed by atoms with van der Waals surface area (Å²) in [5.41, 5.74) is 0.803. The van der Waals surface area contributed by atoms with E-state index in [1.165, 1.54) is 44.2 Å². The van der Waals surface area contributed by atoms with Crippen LogP contribution in [0.1, 0.15) is 97.5 Å². The van der Waals surface area contributed by atoms with Crippen molar-refractivity contribution < 1.29 is 18.7 Å². The van der Waals surface area contributed by atoms with Gasteiger partial charge in [0.2, 0.25) is 5.91 Å². The number of hydrogen-bond acceptors (Lipinski definition) is 4. The maximum absolute atomic E-state index is 14.2. The number of hydrogen-bond donors (Lipinski definition) is 0. The van der Waals surface area contributed by atoms with Gasteiger partial charge in [-0.05, 0) is 102 Å². The van der Waals surface area contributed by atoms with Gasteiger partial charge in [-0.3, -0.25) is 14.6 Å². The van der Waals surface area contributed by atoms with Crippen LogP contribution in [0.25, 0.3) is 0 Å². The van der Waals surface area contributed by atoms with Gasteiger partial charge in [0.05, 0.1) is 5.54 Å². The molecular weight excluding hydrogens is 505 g/mol. The molecule has 3 aliphatic heterocycles. The quantitative estimate of drug-likeness (QED) is 0.419. The molecule has 4 aliphatic rings. The first-order chi connectivity index (χ1) is 18.9. The lowest BCUT2D eigenvalue weighted by atomic mass is 9.63. The molecule has 1 aromatic rings. The van der Waals surface area contributed by atoms with E-state index in [2.05, 4.69) is 44.4 Å². The second-order valence-corrected chi connectivity index (χ2v) is 14.6. The molecule has 2 amide bonds. The third-order valence-electron chi connectivity index (χ3n) is 10.7. The molecular formula is C33H50FN3O3. The molecule has 40 heavy (non-hydrogen) atoms. The molecule has 1 saturated carbocycles. The molecule has 7 heteroatoms. The van der Waals surface area contributed by atoms with Crippen LogP contribution in [0.2, 0.25) is 0 Å². The Bertz CT molecular complexity index is 1050. The maximum Gasteiger partial charge on any atom is 0.410 e. The van der Waals surface area contributed by atoms with Crippen molar-refractivity contribution in [3.05, 3.63) is 35.6 Å². The predicted molar refractivity (Wildman–Crippen MR) is 156 cm³/mol. The van der Waals surface area contributed by atoms with E-state index in [-0.39, 0.29) is 46.1 Å². The highest BCUT2D eigenvalue weighted by Gasteiger charge is 2.50. The van der Waals surface area contributed by atoms with Gasteiger partial charge in [0.15, 0.2) is 0 Å². The van der Waals surface area contributed by atoms with Crippen molar-refractivity contribution in [3.63, 3.8) is 0 Å². The van der Waals surface area contributed by atoms with Crippen LogP contribution in [0.5, 0.6) is 0 Å². The predicted octanol–water partition coefficient (Wildman–Crippen LogP) is 6.45. The SMILES string of the molecule is CC(C)(C)N1CC[C@@H](C(=O)N2CCC(CN3C(=O)OCC3(C)C)(C3CCCCC3)CC2)[C@H](c2ccc(F)cc2)C1. The van der Waals surface area contributed by atoms with E-state index in [9.17, 15) is 14.0 Å². The molecule has 1 aliphatic carbocycles. The lowest BCUT2D eigenvalue weighted by Gasteiger charge is -2.51. The fourth-order valence-corrected chi connectivity index (χ4v) is 7.96. The number of carbonyl (C=O) groups excluding carboxylic acids is 2. The number of ether oxygens (including phenoxy) is 1. The average molecular weight is 556 g/mol. The van der Waals surface area contributed by atoms with E-state index < -0.39 is 0 Å². The summed E-state index contributed by atoms with van der Waals surface area (Å²) in [6.07, 6.45) is 8.75. The molecule has 0 aromatic heterocycles. The summed E-state index contributed by atoms with van der Waals surface area (Å²) in [6.45, 7) is 15.2. The summed E-state index contributed by atoms with van der Waals surface area (Å²) < 4.78 is 19.3. The van der Waals surface area contributed by atoms with Gasteiger partial charge in [-0.2, -0.15) is 0 Å². The third-order valence-corrected chi connectivity index (χ3v) is 10.7. The van der Waals surface area contributed by atoms with Crippen molar-refractivity contribution in [2.24, 2.45) is 17.3 Å². The highest BCUT2D eigenvalue weighted by molar-refractivity contribution is 5.80. The summed E-state index contributed by atoms with van der Waals surface area (Å²) in [6, 6.07) is 6.79. The van der Waals surface area contributed by atoms with Gasteiger partial charge in [-0.25, -0.2) is 9.18 Å². The summed E-state index contributed by atoms with van der Waals surface area (Å²) in [7, 11) is 0. The molecule has 0 unspecified atom stereocenters. The van der Waals surface area contributed by atoms with Gasteiger partial charge in [-0.15, -0.1) is 0 Å². The molecule has 6 nitrogen and oxygen atoms in total. The minimum atomic E-state index is -0.297. The number of halogens is 1. The van der Waals surface area contributed by atoms with E-state index in [1.54, 1.807) is 0 Å². The minimum absolute atomic E-state index is 0.0154. The van der Waals surface area contributed by atoms with Crippen LogP contribution in [0.4, 0.5) is 9.18 Å². The van der Waals surface area contributed by atoms with Crippen molar-refractivity contribution in [1.82, 2.24) is 14.7 Å². The highest BCUT2D eigenvalue weighted by Crippen LogP contribution is 2.48. The van der Waals surface area contributed by atoms with Crippen LogP contribution < -0.4 is 0 Å². The lowest BCUT2D eigenvalue weighted by molar-refractivity contribution is -0.142. The van der Waals surface area contributed by atoms with Gasteiger partial charge in [-0.1, -0.05) is 31.4 Å². The van der Waals surface area contributed by atoms with E-state index >= 15 is 0 Å². The van der Waals surface area contributed by atoms with Crippen LogP contribution in [-0.4, -0.2) is 77.1 Å². The van der Waals surface area contributed by atoms with Crippen LogP contribution in [0.15, 0.2) is 24.3 Å². The molecule has 1 aromatic carbocycles. The van der Waals surface area contributed by atoms with Crippen molar-refractivity contribution in [2.75, 3.05) is 39.3 Å². The Balaban J connectivity index is 1.34. The zero-order valence-electron chi connectivity index (χ0n) is 25.4. The monoisotopic (exact) mass is 555 g/mol. The first-order valence-electron chi connectivity index (χ1n) is 15.6. The Morgan fingerprint density at radius 2 is 1.65 bits per heavy atom. The highest BCUT2D eigenvalue weighted by atomic mass is 19.1. The normalized spacial score (nSPS) is 28.0. The van der Waals surface area contributed by atoms with E-state index in [0.29, 0.717) is 12.5 Å². The number of amides is 2. The summed E-state index contributed by atoms with van der Waals surface area (Å²) in [4.78, 5) is 33.5. The Morgan fingerprint density at radius 3 is 2.23 bits per heavy atom. The first-order valence-corrected chi connectivity index (χ1v) is 15.6. The number of cyclic esters (lactones) is 1. The number of likely N-dealkylation sites (tertiary alicyclic amines) is 2. The molecule has 4 fully saturated rings. The van der Waals surface area contributed by atoms with Gasteiger partial charge >= 0.3 is 6.09 Å². The van der Waals surface area contributed by atoms with Crippen LogP contribution in [0.3, 0.4) is 0 Å². The molecule has 3 saturated heterocycles. The number of carbonyl (C=O) groups is 2. The summed E-state index contributed by atoms with van der Waals surface area (Å²) in [5.74, 6) is 0.547. The fraction of sp³-hybridized carbons (Fsp3) is 0.758. The van der Waals surface area contributed by atoms with E-state index in [1.807, 2.05) is 17.0 Å². The summed E-state index contributed by atoms with van der Waals surface area (Å²) >= 11 is 0. The Morgan fingerprint density at radius 1 is 1.00 bits per heavy atom. The van der Waals surface area contributed by atoms with Crippen LogP contribution in [0, 0.1) is 23.1 Å². The zero-order chi connectivity index (χ0) is 28.7. The second kappa shape index (κ2) is 11.3. The van der Waals surface area contributed by atoms with Crippen LogP contribution in [-0.2, 0) is 9.53 Å². The molecule has 0 radical (unpaired) electrons. The van der Waals surface area contributed by atoms with Crippen molar-refractivity contribution in [3.8, 4) is 0 Å². The molecule has 0 bridgehead atoms. The number of benzene rings is 1. The average Bonchev–Trinajstić information content (AvgIpc) is 3.20. The van der Waals surface area contributed by atoms with Gasteiger partial charge in [0.1, 0.15) is 12.4 Å². The Kier molecular flexibility index (Phi) is 8.26. The Hall–Kier alpha value is -2.15. The topological polar surface area (TPSA) is 53.1 Å². The van der Waals surface area contributed by atoms with Crippen molar-refractivity contribution >= 4 is 12.0 Å². The van der Waals surface area contributed by atoms with Crippen LogP contribution >= 0.6 is 0 Å². The molecule has 222 valence electrons. The lowest BCUT2D eigenvalue weighted by Crippen LogP contribution is -2.57. The molecule has 0 N–H and O–H groups in total. The van der Waals surface area contributed by atoms with E-state index in [4.69, 9.17) is 4.74 Å². The van der Waals surface area contributed by atoms with E-state index in [0.717, 1.165) is 57.5 Å². The molecule has 3 heterocycles. The van der Waals surface area contributed by atoms with Gasteiger partial charge in [0.25, 0.3) is 0 Å². The largest absolute Gasteiger partial charge is 0.447 e.